The van der Waals surface area contributed by atoms with Gasteiger partial charge in [-0.1, -0.05) is 11.6 Å². The molecule has 2 amide bonds. The van der Waals surface area contributed by atoms with Gasteiger partial charge in [-0.3, -0.25) is 0 Å². The molecule has 1 heterocycles. The van der Waals surface area contributed by atoms with Gasteiger partial charge in [0.05, 0.1) is 6.26 Å². The number of carbonyl (C=O) groups excluding carboxylic acids is 1. The lowest BCUT2D eigenvalue weighted by molar-refractivity contribution is 0.152. The molecule has 1 fully saturated rings. The number of piperidine rings is 1. The number of nitrogens with zero attached hydrogens (tertiary/aromatic N) is 1. The molecular weight excluding hydrogens is 314 g/mol. The van der Waals surface area contributed by atoms with Crippen molar-refractivity contribution >= 4 is 16.1 Å². The standard InChI is InChI=1S/C16H29N3O3S/c1-23(21,22)18-13-15-9-5-6-12-19(15)16(20)17-11-10-14-7-3-2-4-8-14/h7,15,18H,2-6,8-13H2,1H3,(H,17,20)/t15-/m0/s1. The number of sulfonamides is 1. The third kappa shape index (κ3) is 6.51. The van der Waals surface area contributed by atoms with Crippen LogP contribution in [0.5, 0.6) is 0 Å². The fourth-order valence-corrected chi connectivity index (χ4v) is 3.79. The lowest BCUT2D eigenvalue weighted by Gasteiger charge is -2.35. The summed E-state index contributed by atoms with van der Waals surface area (Å²) in [7, 11) is -3.22. The van der Waals surface area contributed by atoms with Gasteiger partial charge in [0.1, 0.15) is 0 Å². The monoisotopic (exact) mass is 343 g/mol. The summed E-state index contributed by atoms with van der Waals surface area (Å²) in [5.74, 6) is 0. The highest BCUT2D eigenvalue weighted by atomic mass is 32.2. The van der Waals surface area contributed by atoms with Gasteiger partial charge in [-0.25, -0.2) is 17.9 Å². The summed E-state index contributed by atoms with van der Waals surface area (Å²) in [6.07, 6.45) is 12.1. The van der Waals surface area contributed by atoms with Gasteiger partial charge in [-0.2, -0.15) is 0 Å². The smallest absolute Gasteiger partial charge is 0.317 e. The quantitative estimate of drug-likeness (QED) is 0.724. The molecule has 0 aromatic carbocycles. The molecule has 0 spiro atoms. The summed E-state index contributed by atoms with van der Waals surface area (Å²) >= 11 is 0. The zero-order valence-electron chi connectivity index (χ0n) is 14.0. The second-order valence-electron chi connectivity index (χ2n) is 6.55. The van der Waals surface area contributed by atoms with Crippen LogP contribution in [0.3, 0.4) is 0 Å². The summed E-state index contributed by atoms with van der Waals surface area (Å²) in [5.41, 5.74) is 1.45. The van der Waals surface area contributed by atoms with E-state index in [0.29, 0.717) is 19.6 Å². The van der Waals surface area contributed by atoms with Gasteiger partial charge in [0.2, 0.25) is 10.0 Å². The minimum absolute atomic E-state index is 0.0487. The highest BCUT2D eigenvalue weighted by Gasteiger charge is 2.27. The van der Waals surface area contributed by atoms with Gasteiger partial charge in [0.15, 0.2) is 0 Å². The first-order valence-corrected chi connectivity index (χ1v) is 10.5. The van der Waals surface area contributed by atoms with E-state index in [-0.39, 0.29) is 12.1 Å². The maximum absolute atomic E-state index is 12.4. The van der Waals surface area contributed by atoms with E-state index in [0.717, 1.165) is 44.8 Å². The number of hydrogen-bond acceptors (Lipinski definition) is 3. The fourth-order valence-electron chi connectivity index (χ4n) is 3.29. The summed E-state index contributed by atoms with van der Waals surface area (Å²) in [6, 6.07) is -0.117. The van der Waals surface area contributed by atoms with Gasteiger partial charge in [0, 0.05) is 25.7 Å². The number of allylic oxidation sites excluding steroid dienone is 1. The van der Waals surface area contributed by atoms with Crippen molar-refractivity contribution < 1.29 is 13.2 Å². The normalized spacial score (nSPS) is 22.6. The Bertz CT molecular complexity index is 531. The van der Waals surface area contributed by atoms with E-state index >= 15 is 0 Å². The highest BCUT2D eigenvalue weighted by molar-refractivity contribution is 7.88. The Morgan fingerprint density at radius 2 is 2.13 bits per heavy atom. The third-order valence-electron chi connectivity index (χ3n) is 4.58. The van der Waals surface area contributed by atoms with Crippen LogP contribution in [0.4, 0.5) is 4.79 Å². The molecule has 1 aliphatic carbocycles. The van der Waals surface area contributed by atoms with Gasteiger partial charge in [-0.15, -0.1) is 0 Å². The van der Waals surface area contributed by atoms with Crippen molar-refractivity contribution in [2.75, 3.05) is 25.9 Å². The predicted molar refractivity (Wildman–Crippen MR) is 91.8 cm³/mol. The van der Waals surface area contributed by atoms with E-state index in [2.05, 4.69) is 16.1 Å². The number of hydrogen-bond donors (Lipinski definition) is 2. The SMILES string of the molecule is CS(=O)(=O)NC[C@@H]1CCCCN1C(=O)NCCC1=CCCCC1. The van der Waals surface area contributed by atoms with Crippen LogP contribution >= 0.6 is 0 Å². The van der Waals surface area contributed by atoms with Crippen LogP contribution in [0.2, 0.25) is 0 Å². The molecule has 2 rings (SSSR count). The van der Waals surface area contributed by atoms with E-state index in [1.807, 2.05) is 0 Å². The van der Waals surface area contributed by atoms with Gasteiger partial charge in [-0.05, 0) is 51.4 Å². The van der Waals surface area contributed by atoms with Crippen LogP contribution in [0.1, 0.15) is 51.4 Å². The fraction of sp³-hybridized carbons (Fsp3) is 0.812. The molecule has 0 aromatic rings. The molecule has 1 saturated heterocycles. The van der Waals surface area contributed by atoms with E-state index in [1.54, 1.807) is 4.90 Å². The lowest BCUT2D eigenvalue weighted by Crippen LogP contribution is -2.52. The van der Waals surface area contributed by atoms with Crippen molar-refractivity contribution in [3.8, 4) is 0 Å². The molecule has 23 heavy (non-hydrogen) atoms. The minimum Gasteiger partial charge on any atom is -0.338 e. The topological polar surface area (TPSA) is 78.5 Å². The van der Waals surface area contributed by atoms with Gasteiger partial charge >= 0.3 is 6.03 Å². The zero-order valence-corrected chi connectivity index (χ0v) is 14.8. The highest BCUT2D eigenvalue weighted by Crippen LogP contribution is 2.20. The van der Waals surface area contributed by atoms with Crippen LogP contribution in [0.25, 0.3) is 0 Å². The molecule has 0 saturated carbocycles. The van der Waals surface area contributed by atoms with Gasteiger partial charge < -0.3 is 10.2 Å². The number of likely N-dealkylation sites (tertiary alicyclic amines) is 1. The zero-order chi connectivity index (χ0) is 16.7. The Labute approximate surface area is 139 Å². The van der Waals surface area contributed by atoms with Crippen LogP contribution in [-0.4, -0.2) is 51.3 Å². The lowest BCUT2D eigenvalue weighted by atomic mass is 9.97. The predicted octanol–water partition coefficient (Wildman–Crippen LogP) is 1.99. The number of carbonyl (C=O) groups is 1. The molecule has 6 nitrogen and oxygen atoms in total. The van der Waals surface area contributed by atoms with Crippen molar-refractivity contribution in [2.24, 2.45) is 0 Å². The molecule has 7 heteroatoms. The van der Waals surface area contributed by atoms with Crippen molar-refractivity contribution in [1.29, 1.82) is 0 Å². The molecule has 0 aromatic heterocycles. The molecule has 0 unspecified atom stereocenters. The number of rotatable bonds is 6. The molecule has 2 N–H and O–H groups in total. The van der Waals surface area contributed by atoms with Crippen LogP contribution in [0.15, 0.2) is 11.6 Å². The van der Waals surface area contributed by atoms with Crippen molar-refractivity contribution in [2.45, 2.75) is 57.4 Å². The first kappa shape index (κ1) is 18.3. The molecule has 1 aliphatic heterocycles. The Morgan fingerprint density at radius 1 is 1.30 bits per heavy atom. The van der Waals surface area contributed by atoms with Crippen LogP contribution in [0, 0.1) is 0 Å². The van der Waals surface area contributed by atoms with Crippen LogP contribution in [-0.2, 0) is 10.0 Å². The largest absolute Gasteiger partial charge is 0.338 e. The second-order valence-corrected chi connectivity index (χ2v) is 8.39. The summed E-state index contributed by atoms with van der Waals surface area (Å²) in [4.78, 5) is 14.2. The number of nitrogens with one attached hydrogen (secondary N) is 2. The van der Waals surface area contributed by atoms with Crippen molar-refractivity contribution in [3.63, 3.8) is 0 Å². The average molecular weight is 343 g/mol. The summed E-state index contributed by atoms with van der Waals surface area (Å²) in [6.45, 7) is 1.66. The Kier molecular flexibility index (Phi) is 6.89. The van der Waals surface area contributed by atoms with Crippen molar-refractivity contribution in [3.05, 3.63) is 11.6 Å². The molecule has 1 atom stereocenters. The summed E-state index contributed by atoms with van der Waals surface area (Å²) in [5, 5.41) is 3.00. The maximum atomic E-state index is 12.4. The molecule has 0 bridgehead atoms. The third-order valence-corrected chi connectivity index (χ3v) is 5.27. The van der Waals surface area contributed by atoms with E-state index in [1.165, 1.54) is 18.4 Å². The summed E-state index contributed by atoms with van der Waals surface area (Å²) < 4.78 is 25.0. The maximum Gasteiger partial charge on any atom is 0.317 e. The van der Waals surface area contributed by atoms with E-state index in [4.69, 9.17) is 0 Å². The average Bonchev–Trinajstić information content (AvgIpc) is 2.53. The van der Waals surface area contributed by atoms with E-state index < -0.39 is 10.0 Å². The van der Waals surface area contributed by atoms with Gasteiger partial charge in [0.25, 0.3) is 0 Å². The van der Waals surface area contributed by atoms with E-state index in [9.17, 15) is 13.2 Å². The second kappa shape index (κ2) is 8.68. The number of urea groups is 1. The number of amides is 2. The Hall–Kier alpha value is -1.08. The molecule has 0 radical (unpaired) electrons. The Balaban J connectivity index is 1.79. The van der Waals surface area contributed by atoms with Crippen molar-refractivity contribution in [1.82, 2.24) is 14.9 Å². The van der Waals surface area contributed by atoms with Crippen LogP contribution < -0.4 is 10.0 Å². The molecule has 132 valence electrons. The first-order valence-electron chi connectivity index (χ1n) is 8.63. The molecule has 2 aliphatic rings. The molecular formula is C16H29N3O3S. The first-order chi connectivity index (χ1) is 11.0. The Morgan fingerprint density at radius 3 is 2.83 bits per heavy atom. The minimum atomic E-state index is -3.22.